The number of hydrogen-bond acceptors (Lipinski definition) is 3. The Hall–Kier alpha value is -3.12. The van der Waals surface area contributed by atoms with Crippen molar-refractivity contribution in [3.63, 3.8) is 0 Å². The molecule has 0 unspecified atom stereocenters. The minimum absolute atomic E-state index is 0.488. The molecule has 3 heteroatoms. The lowest BCUT2D eigenvalue weighted by Crippen LogP contribution is -2.06. The lowest BCUT2D eigenvalue weighted by Gasteiger charge is -2.22. The molecule has 0 radical (unpaired) electrons. The number of benzene rings is 2. The van der Waals surface area contributed by atoms with Gasteiger partial charge >= 0.3 is 0 Å². The zero-order valence-electron chi connectivity index (χ0n) is 15.1. The first kappa shape index (κ1) is 16.1. The highest BCUT2D eigenvalue weighted by Gasteiger charge is 2.21. The zero-order valence-corrected chi connectivity index (χ0v) is 15.1. The number of rotatable bonds is 2. The van der Waals surface area contributed by atoms with Crippen LogP contribution in [-0.2, 0) is 0 Å². The Labute approximate surface area is 158 Å². The Morgan fingerprint density at radius 1 is 0.926 bits per heavy atom. The number of fused-ring (bicyclic) bond motifs is 3. The molecule has 3 nitrogen and oxygen atoms in total. The first-order valence-corrected chi connectivity index (χ1v) is 9.65. The van der Waals surface area contributed by atoms with Crippen molar-refractivity contribution in [1.29, 1.82) is 5.26 Å². The number of hydrogen-bond donors (Lipinski definition) is 0. The minimum Gasteiger partial charge on any atom is -0.456 e. The number of aromatic nitrogens is 1. The molecule has 0 bridgehead atoms. The molecule has 132 valence electrons. The number of nitrogens with zero attached hydrogens (tertiary/aromatic N) is 2. The average molecular weight is 352 g/mol. The lowest BCUT2D eigenvalue weighted by molar-refractivity contribution is 0.443. The van der Waals surface area contributed by atoms with Gasteiger partial charge in [-0.15, -0.1) is 0 Å². The van der Waals surface area contributed by atoms with E-state index in [4.69, 9.17) is 4.42 Å². The molecule has 0 amide bonds. The standard InChI is InChI=1S/C24H20N2O/c25-15-18-13-24-21(14-19(18)16-6-2-1-3-7-16)20-12-17(9-10-23(20)27-24)22-8-4-5-11-26-22/h4-5,8-14,16H,1-3,6-7H2. The van der Waals surface area contributed by atoms with Crippen LogP contribution in [0.3, 0.4) is 0 Å². The summed E-state index contributed by atoms with van der Waals surface area (Å²) in [5.74, 6) is 0.488. The van der Waals surface area contributed by atoms with E-state index < -0.39 is 0 Å². The van der Waals surface area contributed by atoms with Gasteiger partial charge in [-0.25, -0.2) is 0 Å². The average Bonchev–Trinajstić information content (AvgIpc) is 3.10. The number of pyridine rings is 1. The van der Waals surface area contributed by atoms with Crippen LogP contribution in [0.25, 0.3) is 33.2 Å². The van der Waals surface area contributed by atoms with Gasteiger partial charge in [0, 0.05) is 22.5 Å². The maximum atomic E-state index is 9.68. The Morgan fingerprint density at radius 2 is 1.78 bits per heavy atom. The van der Waals surface area contributed by atoms with E-state index in [-0.39, 0.29) is 0 Å². The molecule has 1 fully saturated rings. The third-order valence-electron chi connectivity index (χ3n) is 5.77. The zero-order chi connectivity index (χ0) is 18.2. The van der Waals surface area contributed by atoms with Crippen LogP contribution in [-0.4, -0.2) is 4.98 Å². The van der Waals surface area contributed by atoms with E-state index in [2.05, 4.69) is 23.2 Å². The molecule has 4 aromatic rings. The molecule has 0 aliphatic heterocycles. The van der Waals surface area contributed by atoms with E-state index in [1.807, 2.05) is 42.6 Å². The van der Waals surface area contributed by atoms with Gasteiger partial charge in [-0.1, -0.05) is 25.3 Å². The third-order valence-corrected chi connectivity index (χ3v) is 5.77. The molecule has 0 saturated heterocycles. The van der Waals surface area contributed by atoms with Crippen molar-refractivity contribution in [3.05, 3.63) is 65.9 Å². The van der Waals surface area contributed by atoms with Crippen LogP contribution in [0, 0.1) is 11.3 Å². The van der Waals surface area contributed by atoms with Gasteiger partial charge in [0.1, 0.15) is 11.2 Å². The molecule has 2 aromatic heterocycles. The van der Waals surface area contributed by atoms with Crippen LogP contribution in [0.2, 0.25) is 0 Å². The monoisotopic (exact) mass is 352 g/mol. The second-order valence-electron chi connectivity index (χ2n) is 7.41. The second-order valence-corrected chi connectivity index (χ2v) is 7.41. The van der Waals surface area contributed by atoms with E-state index in [1.54, 1.807) is 0 Å². The molecular weight excluding hydrogens is 332 g/mol. The van der Waals surface area contributed by atoms with Crippen molar-refractivity contribution in [1.82, 2.24) is 4.98 Å². The Kier molecular flexibility index (Phi) is 3.90. The molecule has 5 rings (SSSR count). The predicted molar refractivity (Wildman–Crippen MR) is 107 cm³/mol. The fourth-order valence-corrected chi connectivity index (χ4v) is 4.38. The van der Waals surface area contributed by atoms with E-state index >= 15 is 0 Å². The summed E-state index contributed by atoms with van der Waals surface area (Å²) in [5.41, 5.74) is 5.63. The minimum atomic E-state index is 0.488. The number of furan rings is 1. The van der Waals surface area contributed by atoms with Gasteiger partial charge in [-0.05, 0) is 66.8 Å². The summed E-state index contributed by atoms with van der Waals surface area (Å²) in [4.78, 5) is 4.46. The third kappa shape index (κ3) is 2.78. The molecule has 0 atom stereocenters. The van der Waals surface area contributed by atoms with Crippen LogP contribution in [0.4, 0.5) is 0 Å². The molecule has 0 N–H and O–H groups in total. The molecule has 1 aliphatic rings. The largest absolute Gasteiger partial charge is 0.456 e. The molecular formula is C24H20N2O. The van der Waals surface area contributed by atoms with Crippen LogP contribution < -0.4 is 0 Å². The van der Waals surface area contributed by atoms with Gasteiger partial charge < -0.3 is 4.42 Å². The van der Waals surface area contributed by atoms with Crippen molar-refractivity contribution in [2.45, 2.75) is 38.0 Å². The fourth-order valence-electron chi connectivity index (χ4n) is 4.38. The summed E-state index contributed by atoms with van der Waals surface area (Å²) < 4.78 is 6.06. The van der Waals surface area contributed by atoms with E-state index in [9.17, 15) is 5.26 Å². The van der Waals surface area contributed by atoms with Gasteiger partial charge in [0.05, 0.1) is 17.3 Å². The summed E-state index contributed by atoms with van der Waals surface area (Å²) in [6, 6.07) is 18.7. The topological polar surface area (TPSA) is 49.8 Å². The summed E-state index contributed by atoms with van der Waals surface area (Å²) in [6.45, 7) is 0. The number of nitriles is 1. The highest BCUT2D eigenvalue weighted by Crippen LogP contribution is 2.39. The van der Waals surface area contributed by atoms with Gasteiger partial charge in [-0.2, -0.15) is 5.26 Å². The highest BCUT2D eigenvalue weighted by atomic mass is 16.3. The van der Waals surface area contributed by atoms with Crippen LogP contribution in [0.15, 0.2) is 59.1 Å². The van der Waals surface area contributed by atoms with Crippen molar-refractivity contribution >= 4 is 21.9 Å². The lowest BCUT2D eigenvalue weighted by atomic mass is 9.81. The maximum absolute atomic E-state index is 9.68. The fraction of sp³-hybridized carbons (Fsp3) is 0.250. The van der Waals surface area contributed by atoms with E-state index in [0.29, 0.717) is 5.92 Å². The summed E-state index contributed by atoms with van der Waals surface area (Å²) in [7, 11) is 0. The van der Waals surface area contributed by atoms with Crippen molar-refractivity contribution in [2.24, 2.45) is 0 Å². The molecule has 2 heterocycles. The Balaban J connectivity index is 1.71. The van der Waals surface area contributed by atoms with Gasteiger partial charge in [0.2, 0.25) is 0 Å². The molecule has 1 saturated carbocycles. The summed E-state index contributed by atoms with van der Waals surface area (Å²) in [5, 5.41) is 11.9. The van der Waals surface area contributed by atoms with Gasteiger partial charge in [0.25, 0.3) is 0 Å². The molecule has 2 aromatic carbocycles. The van der Waals surface area contributed by atoms with E-state index in [1.165, 1.54) is 37.7 Å². The second kappa shape index (κ2) is 6.55. The van der Waals surface area contributed by atoms with Crippen LogP contribution in [0.1, 0.15) is 49.1 Å². The molecule has 0 spiro atoms. The van der Waals surface area contributed by atoms with Crippen molar-refractivity contribution in [2.75, 3.05) is 0 Å². The highest BCUT2D eigenvalue weighted by molar-refractivity contribution is 6.06. The summed E-state index contributed by atoms with van der Waals surface area (Å²) >= 11 is 0. The van der Waals surface area contributed by atoms with E-state index in [0.717, 1.165) is 38.8 Å². The normalized spacial score (nSPS) is 15.2. The van der Waals surface area contributed by atoms with Crippen molar-refractivity contribution < 1.29 is 4.42 Å². The molecule has 1 aliphatic carbocycles. The predicted octanol–water partition coefficient (Wildman–Crippen LogP) is 6.57. The smallest absolute Gasteiger partial charge is 0.136 e. The Bertz CT molecular complexity index is 1160. The van der Waals surface area contributed by atoms with Crippen molar-refractivity contribution in [3.8, 4) is 17.3 Å². The first-order valence-electron chi connectivity index (χ1n) is 9.65. The van der Waals surface area contributed by atoms with Gasteiger partial charge in [0.15, 0.2) is 0 Å². The van der Waals surface area contributed by atoms with Gasteiger partial charge in [-0.3, -0.25) is 4.98 Å². The summed E-state index contributed by atoms with van der Waals surface area (Å²) in [6.07, 6.45) is 7.98. The maximum Gasteiger partial charge on any atom is 0.136 e. The first-order chi connectivity index (χ1) is 13.3. The SMILES string of the molecule is N#Cc1cc2oc3ccc(-c4ccccn4)cc3c2cc1C1CCCCC1. The van der Waals surface area contributed by atoms with Crippen LogP contribution in [0.5, 0.6) is 0 Å². The quantitative estimate of drug-likeness (QED) is 0.410. The van der Waals surface area contributed by atoms with Crippen LogP contribution >= 0.6 is 0 Å². The Morgan fingerprint density at radius 3 is 2.56 bits per heavy atom. The molecule has 27 heavy (non-hydrogen) atoms.